The minimum absolute atomic E-state index is 0.585. The molecule has 4 nitrogen and oxygen atoms in total. The molecule has 2 atom stereocenters. The molecule has 1 aliphatic carbocycles. The molecule has 2 rings (SSSR count). The predicted octanol–water partition coefficient (Wildman–Crippen LogP) is 1.54. The van der Waals surface area contributed by atoms with Gasteiger partial charge in [0.2, 0.25) is 0 Å². The summed E-state index contributed by atoms with van der Waals surface area (Å²) < 4.78 is 1.75. The summed E-state index contributed by atoms with van der Waals surface area (Å²) >= 11 is 0. The normalized spacial score (nSPS) is 35.2. The van der Waals surface area contributed by atoms with E-state index in [9.17, 15) is 5.11 Å². The number of hydrogen-bond acceptors (Lipinski definition) is 3. The van der Waals surface area contributed by atoms with Crippen LogP contribution in [0.5, 0.6) is 0 Å². The molecule has 90 valence electrons. The lowest BCUT2D eigenvalue weighted by atomic mass is 9.72. The van der Waals surface area contributed by atoms with Gasteiger partial charge in [-0.3, -0.25) is 4.68 Å². The molecule has 0 saturated heterocycles. The van der Waals surface area contributed by atoms with Gasteiger partial charge in [-0.2, -0.15) is 5.10 Å². The van der Waals surface area contributed by atoms with Gasteiger partial charge in [-0.1, -0.05) is 13.8 Å². The third-order valence-corrected chi connectivity index (χ3v) is 3.55. The summed E-state index contributed by atoms with van der Waals surface area (Å²) in [7, 11) is 1.88. The van der Waals surface area contributed by atoms with E-state index in [1.165, 1.54) is 6.42 Å². The summed E-state index contributed by atoms with van der Waals surface area (Å²) in [5.41, 5.74) is -0.585. The van der Waals surface area contributed by atoms with Gasteiger partial charge in [-0.15, -0.1) is 0 Å². The number of nitrogens with zero attached hydrogens (tertiary/aromatic N) is 3. The zero-order valence-corrected chi connectivity index (χ0v) is 10.3. The molecule has 0 spiro atoms. The van der Waals surface area contributed by atoms with Crippen LogP contribution in [0.25, 0.3) is 0 Å². The van der Waals surface area contributed by atoms with Gasteiger partial charge in [-0.05, 0) is 31.1 Å². The number of aromatic nitrogens is 3. The van der Waals surface area contributed by atoms with Gasteiger partial charge in [0, 0.05) is 13.5 Å². The molecule has 0 aliphatic heterocycles. The van der Waals surface area contributed by atoms with Crippen LogP contribution in [0.15, 0.2) is 6.33 Å². The zero-order valence-electron chi connectivity index (χ0n) is 10.3. The third-order valence-electron chi connectivity index (χ3n) is 3.55. The molecule has 0 aromatic carbocycles. The Labute approximate surface area is 96.7 Å². The third kappa shape index (κ3) is 2.43. The standard InChI is InChI=1S/C12H21N3O/c1-9-4-10(2)6-12(16,5-9)7-11-13-8-14-15(11)3/h8-10,16H,4-7H2,1-3H3. The van der Waals surface area contributed by atoms with Crippen LogP contribution in [-0.4, -0.2) is 25.5 Å². The van der Waals surface area contributed by atoms with E-state index >= 15 is 0 Å². The molecule has 2 unspecified atom stereocenters. The number of aryl methyl sites for hydroxylation is 1. The van der Waals surface area contributed by atoms with Crippen molar-refractivity contribution in [2.45, 2.75) is 45.1 Å². The molecule has 4 heteroatoms. The first-order valence-electron chi connectivity index (χ1n) is 6.04. The van der Waals surface area contributed by atoms with Crippen molar-refractivity contribution >= 4 is 0 Å². The van der Waals surface area contributed by atoms with Crippen molar-refractivity contribution in [3.05, 3.63) is 12.2 Å². The van der Waals surface area contributed by atoms with Crippen molar-refractivity contribution in [2.24, 2.45) is 18.9 Å². The number of rotatable bonds is 2. The van der Waals surface area contributed by atoms with Crippen LogP contribution in [0.3, 0.4) is 0 Å². The molecule has 0 radical (unpaired) electrons. The smallest absolute Gasteiger partial charge is 0.138 e. The van der Waals surface area contributed by atoms with Gasteiger partial charge in [-0.25, -0.2) is 4.98 Å². The van der Waals surface area contributed by atoms with E-state index in [1.807, 2.05) is 7.05 Å². The monoisotopic (exact) mass is 223 g/mol. The Morgan fingerprint density at radius 1 is 1.44 bits per heavy atom. The summed E-state index contributed by atoms with van der Waals surface area (Å²) in [6, 6.07) is 0. The molecule has 1 aliphatic rings. The molecule has 0 bridgehead atoms. The van der Waals surface area contributed by atoms with Crippen LogP contribution in [0.4, 0.5) is 0 Å². The fraction of sp³-hybridized carbons (Fsp3) is 0.833. The second-order valence-corrected chi connectivity index (χ2v) is 5.56. The van der Waals surface area contributed by atoms with Crippen molar-refractivity contribution in [1.29, 1.82) is 0 Å². The Balaban J connectivity index is 2.10. The first kappa shape index (κ1) is 11.6. The van der Waals surface area contributed by atoms with E-state index in [0.717, 1.165) is 18.7 Å². The topological polar surface area (TPSA) is 50.9 Å². The average Bonchev–Trinajstić information content (AvgIpc) is 2.48. The zero-order chi connectivity index (χ0) is 11.8. The average molecular weight is 223 g/mol. The van der Waals surface area contributed by atoms with Crippen LogP contribution in [0.1, 0.15) is 38.9 Å². The van der Waals surface area contributed by atoms with Crippen LogP contribution < -0.4 is 0 Å². The molecular weight excluding hydrogens is 202 g/mol. The van der Waals surface area contributed by atoms with Crippen molar-refractivity contribution < 1.29 is 5.11 Å². The molecule has 1 saturated carbocycles. The van der Waals surface area contributed by atoms with E-state index < -0.39 is 5.60 Å². The lowest BCUT2D eigenvalue weighted by Crippen LogP contribution is -2.40. The van der Waals surface area contributed by atoms with E-state index in [-0.39, 0.29) is 0 Å². The molecule has 16 heavy (non-hydrogen) atoms. The van der Waals surface area contributed by atoms with E-state index in [4.69, 9.17) is 0 Å². The molecule has 1 aromatic heterocycles. The second-order valence-electron chi connectivity index (χ2n) is 5.56. The molecule has 1 N–H and O–H groups in total. The lowest BCUT2D eigenvalue weighted by Gasteiger charge is -2.38. The Bertz CT molecular complexity index is 351. The molecule has 1 aromatic rings. The number of hydrogen-bond donors (Lipinski definition) is 1. The highest BCUT2D eigenvalue weighted by Crippen LogP contribution is 2.37. The van der Waals surface area contributed by atoms with Crippen molar-refractivity contribution in [3.8, 4) is 0 Å². The Morgan fingerprint density at radius 2 is 2.06 bits per heavy atom. The van der Waals surface area contributed by atoms with Crippen LogP contribution in [-0.2, 0) is 13.5 Å². The molecular formula is C12H21N3O. The Hall–Kier alpha value is -0.900. The quantitative estimate of drug-likeness (QED) is 0.827. The maximum Gasteiger partial charge on any atom is 0.138 e. The summed E-state index contributed by atoms with van der Waals surface area (Å²) in [5, 5.41) is 14.7. The van der Waals surface area contributed by atoms with E-state index in [0.29, 0.717) is 18.3 Å². The highest BCUT2D eigenvalue weighted by molar-refractivity contribution is 4.97. The summed E-state index contributed by atoms with van der Waals surface area (Å²) in [5.74, 6) is 2.08. The summed E-state index contributed by atoms with van der Waals surface area (Å²) in [6.07, 6.45) is 5.15. The Kier molecular flexibility index (Phi) is 3.02. The van der Waals surface area contributed by atoms with Gasteiger partial charge >= 0.3 is 0 Å². The molecule has 0 amide bonds. The maximum absolute atomic E-state index is 10.6. The van der Waals surface area contributed by atoms with Gasteiger partial charge in [0.25, 0.3) is 0 Å². The number of aliphatic hydroxyl groups is 1. The highest BCUT2D eigenvalue weighted by atomic mass is 16.3. The van der Waals surface area contributed by atoms with Crippen molar-refractivity contribution in [2.75, 3.05) is 0 Å². The van der Waals surface area contributed by atoms with Crippen LogP contribution >= 0.6 is 0 Å². The van der Waals surface area contributed by atoms with Gasteiger partial charge < -0.3 is 5.11 Å². The molecule has 1 heterocycles. The SMILES string of the molecule is CC1CC(C)CC(O)(Cc2ncnn2C)C1. The first-order valence-corrected chi connectivity index (χ1v) is 6.04. The van der Waals surface area contributed by atoms with Crippen molar-refractivity contribution in [1.82, 2.24) is 14.8 Å². The fourth-order valence-corrected chi connectivity index (χ4v) is 3.15. The highest BCUT2D eigenvalue weighted by Gasteiger charge is 2.37. The van der Waals surface area contributed by atoms with Crippen LogP contribution in [0, 0.1) is 11.8 Å². The second kappa shape index (κ2) is 4.17. The van der Waals surface area contributed by atoms with E-state index in [2.05, 4.69) is 23.9 Å². The molecule has 1 fully saturated rings. The van der Waals surface area contributed by atoms with Crippen LogP contribution in [0.2, 0.25) is 0 Å². The first-order chi connectivity index (χ1) is 7.48. The Morgan fingerprint density at radius 3 is 2.56 bits per heavy atom. The minimum atomic E-state index is -0.585. The van der Waals surface area contributed by atoms with E-state index in [1.54, 1.807) is 11.0 Å². The summed E-state index contributed by atoms with van der Waals surface area (Å²) in [4.78, 5) is 4.20. The maximum atomic E-state index is 10.6. The van der Waals surface area contributed by atoms with Gasteiger partial charge in [0.1, 0.15) is 12.2 Å². The fourth-order valence-electron chi connectivity index (χ4n) is 3.15. The minimum Gasteiger partial charge on any atom is -0.389 e. The largest absolute Gasteiger partial charge is 0.389 e. The summed E-state index contributed by atoms with van der Waals surface area (Å²) in [6.45, 7) is 4.44. The lowest BCUT2D eigenvalue weighted by molar-refractivity contribution is -0.0324. The van der Waals surface area contributed by atoms with Gasteiger partial charge in [0.15, 0.2) is 0 Å². The van der Waals surface area contributed by atoms with Crippen molar-refractivity contribution in [3.63, 3.8) is 0 Å². The predicted molar refractivity (Wildman–Crippen MR) is 61.8 cm³/mol. The van der Waals surface area contributed by atoms with Gasteiger partial charge in [0.05, 0.1) is 5.60 Å².